The fourth-order valence-corrected chi connectivity index (χ4v) is 3.26. The molecule has 1 amide bonds. The Labute approximate surface area is 150 Å². The Kier molecular flexibility index (Phi) is 4.60. The highest BCUT2D eigenvalue weighted by Crippen LogP contribution is 2.20. The number of hydrogen-bond donors (Lipinski definition) is 1. The molecule has 10 heteroatoms. The first-order chi connectivity index (χ1) is 12.3. The molecule has 0 fully saturated rings. The molecular formula is C16H17N5O4S. The summed E-state index contributed by atoms with van der Waals surface area (Å²) in [5, 5.41) is 13.6. The molecule has 0 spiro atoms. The van der Waals surface area contributed by atoms with Crippen LogP contribution in [0.15, 0.2) is 45.8 Å². The highest BCUT2D eigenvalue weighted by Gasteiger charge is 2.20. The van der Waals surface area contributed by atoms with Crippen molar-refractivity contribution >= 4 is 21.8 Å². The van der Waals surface area contributed by atoms with Gasteiger partial charge >= 0.3 is 6.01 Å². The Morgan fingerprint density at radius 3 is 2.42 bits per heavy atom. The van der Waals surface area contributed by atoms with E-state index in [1.807, 2.05) is 0 Å². The molecule has 0 aliphatic rings. The van der Waals surface area contributed by atoms with Crippen LogP contribution in [0.2, 0.25) is 0 Å². The molecular weight excluding hydrogens is 358 g/mol. The molecule has 0 unspecified atom stereocenters. The van der Waals surface area contributed by atoms with Gasteiger partial charge in [0.25, 0.3) is 11.8 Å². The van der Waals surface area contributed by atoms with E-state index in [2.05, 4.69) is 20.6 Å². The summed E-state index contributed by atoms with van der Waals surface area (Å²) in [5.74, 6) is -0.266. The van der Waals surface area contributed by atoms with E-state index in [1.165, 1.54) is 24.3 Å². The second kappa shape index (κ2) is 6.71. The zero-order valence-electron chi connectivity index (χ0n) is 14.4. The maximum atomic E-state index is 12.3. The second-order valence-corrected chi connectivity index (χ2v) is 8.33. The summed E-state index contributed by atoms with van der Waals surface area (Å²) in [6.45, 7) is 3.21. The maximum Gasteiger partial charge on any atom is 0.322 e. The Morgan fingerprint density at radius 2 is 1.85 bits per heavy atom. The Bertz CT molecular complexity index is 1030. The van der Waals surface area contributed by atoms with Gasteiger partial charge < -0.3 is 4.42 Å². The fourth-order valence-electron chi connectivity index (χ4n) is 2.20. The molecule has 0 radical (unpaired) electrons. The average molecular weight is 375 g/mol. The predicted octanol–water partition coefficient (Wildman–Crippen LogP) is 1.90. The molecule has 9 nitrogen and oxygen atoms in total. The molecule has 0 saturated carbocycles. The molecule has 2 heterocycles. The number of carbonyl (C=O) groups excluding carboxylic acids is 1. The van der Waals surface area contributed by atoms with Crippen molar-refractivity contribution in [3.8, 4) is 11.6 Å². The summed E-state index contributed by atoms with van der Waals surface area (Å²) in [6, 6.07) is 7.31. The predicted molar refractivity (Wildman–Crippen MR) is 93.2 cm³/mol. The van der Waals surface area contributed by atoms with Crippen molar-refractivity contribution in [1.29, 1.82) is 0 Å². The third-order valence-corrected chi connectivity index (χ3v) is 5.92. The average Bonchev–Trinajstić information content (AvgIpc) is 3.23. The molecule has 3 rings (SSSR count). The largest absolute Gasteiger partial charge is 0.401 e. The minimum absolute atomic E-state index is 0.0647. The molecule has 0 saturated heterocycles. The van der Waals surface area contributed by atoms with Gasteiger partial charge in [-0.05, 0) is 44.2 Å². The first-order valence-corrected chi connectivity index (χ1v) is 9.31. The summed E-state index contributed by atoms with van der Waals surface area (Å²) in [4.78, 5) is 12.4. The molecule has 0 aliphatic heterocycles. The molecule has 1 N–H and O–H groups in total. The van der Waals surface area contributed by atoms with Gasteiger partial charge in [0.15, 0.2) is 9.84 Å². The first kappa shape index (κ1) is 17.8. The summed E-state index contributed by atoms with van der Waals surface area (Å²) in [5.41, 5.74) is 0.884. The lowest BCUT2D eigenvalue weighted by atomic mass is 10.2. The van der Waals surface area contributed by atoms with Crippen molar-refractivity contribution in [2.45, 2.75) is 24.0 Å². The number of amides is 1. The Balaban J connectivity index is 1.75. The molecule has 0 aliphatic carbocycles. The summed E-state index contributed by atoms with van der Waals surface area (Å²) in [6.07, 6.45) is 1.59. The number of benzene rings is 1. The minimum atomic E-state index is -3.38. The van der Waals surface area contributed by atoms with Gasteiger partial charge in [0.2, 0.25) is 0 Å². The number of rotatable bonds is 5. The number of aryl methyl sites for hydroxylation is 1. The fraction of sp³-hybridized carbons (Fsp3) is 0.250. The lowest BCUT2D eigenvalue weighted by Gasteiger charge is -2.08. The van der Waals surface area contributed by atoms with Gasteiger partial charge in [-0.3, -0.25) is 14.8 Å². The van der Waals surface area contributed by atoms with E-state index in [4.69, 9.17) is 4.42 Å². The topological polar surface area (TPSA) is 120 Å². The monoisotopic (exact) mass is 375 g/mol. The van der Waals surface area contributed by atoms with Gasteiger partial charge in [-0.25, -0.2) is 8.42 Å². The van der Waals surface area contributed by atoms with Crippen LogP contribution in [0.1, 0.15) is 24.2 Å². The molecule has 2 aromatic heterocycles. The van der Waals surface area contributed by atoms with Crippen LogP contribution in [-0.4, -0.2) is 39.6 Å². The number of nitrogens with zero attached hydrogens (tertiary/aromatic N) is 4. The lowest BCUT2D eigenvalue weighted by Crippen LogP contribution is -2.15. The van der Waals surface area contributed by atoms with Crippen molar-refractivity contribution < 1.29 is 17.6 Å². The third-order valence-electron chi connectivity index (χ3n) is 3.75. The van der Waals surface area contributed by atoms with E-state index in [0.29, 0.717) is 5.69 Å². The van der Waals surface area contributed by atoms with Crippen LogP contribution in [0.25, 0.3) is 11.6 Å². The summed E-state index contributed by atoms with van der Waals surface area (Å²) >= 11 is 0. The Hall–Kier alpha value is -3.01. The third kappa shape index (κ3) is 3.36. The van der Waals surface area contributed by atoms with Crippen molar-refractivity contribution in [1.82, 2.24) is 20.0 Å². The van der Waals surface area contributed by atoms with Crippen molar-refractivity contribution in [3.05, 3.63) is 42.1 Å². The lowest BCUT2D eigenvalue weighted by molar-refractivity contribution is 0.102. The zero-order valence-corrected chi connectivity index (χ0v) is 15.2. The van der Waals surface area contributed by atoms with Gasteiger partial charge in [0.05, 0.1) is 10.1 Å². The van der Waals surface area contributed by atoms with Crippen LogP contribution in [0.4, 0.5) is 6.01 Å². The van der Waals surface area contributed by atoms with Crippen molar-refractivity contribution in [3.63, 3.8) is 0 Å². The van der Waals surface area contributed by atoms with Crippen LogP contribution >= 0.6 is 0 Å². The van der Waals surface area contributed by atoms with E-state index in [1.54, 1.807) is 37.8 Å². The van der Waals surface area contributed by atoms with Crippen molar-refractivity contribution in [2.75, 3.05) is 5.32 Å². The highest BCUT2D eigenvalue weighted by molar-refractivity contribution is 7.92. The first-order valence-electron chi connectivity index (χ1n) is 7.76. The number of sulfone groups is 1. The molecule has 0 bridgehead atoms. The van der Waals surface area contributed by atoms with E-state index in [9.17, 15) is 13.2 Å². The zero-order chi connectivity index (χ0) is 18.9. The van der Waals surface area contributed by atoms with Gasteiger partial charge in [0.1, 0.15) is 5.69 Å². The molecule has 0 atom stereocenters. The minimum Gasteiger partial charge on any atom is -0.401 e. The van der Waals surface area contributed by atoms with Crippen LogP contribution in [-0.2, 0) is 16.9 Å². The number of nitrogens with one attached hydrogen (secondary N) is 1. The number of hydrogen-bond acceptors (Lipinski definition) is 7. The van der Waals surface area contributed by atoms with Crippen LogP contribution in [0.3, 0.4) is 0 Å². The molecule has 136 valence electrons. The molecule has 1 aromatic carbocycles. The second-order valence-electron chi connectivity index (χ2n) is 5.82. The normalized spacial score (nSPS) is 11.7. The summed E-state index contributed by atoms with van der Waals surface area (Å²) < 4.78 is 31.2. The van der Waals surface area contributed by atoms with E-state index >= 15 is 0 Å². The molecule has 3 aromatic rings. The number of aromatic nitrogens is 4. The van der Waals surface area contributed by atoms with E-state index in [-0.39, 0.29) is 22.4 Å². The number of carbonyl (C=O) groups is 1. The smallest absolute Gasteiger partial charge is 0.322 e. The SMILES string of the molecule is CC(C)S(=O)(=O)c1ccc(C(=O)Nc2nnc(-c3ccnn3C)o2)cc1. The quantitative estimate of drug-likeness (QED) is 0.723. The van der Waals surface area contributed by atoms with Crippen molar-refractivity contribution in [2.24, 2.45) is 7.05 Å². The molecule has 26 heavy (non-hydrogen) atoms. The maximum absolute atomic E-state index is 12.3. The highest BCUT2D eigenvalue weighted by atomic mass is 32.2. The number of anilines is 1. The summed E-state index contributed by atoms with van der Waals surface area (Å²) in [7, 11) is -1.66. The van der Waals surface area contributed by atoms with E-state index in [0.717, 1.165) is 0 Å². The van der Waals surface area contributed by atoms with Gasteiger partial charge in [-0.2, -0.15) is 5.10 Å². The van der Waals surface area contributed by atoms with Crippen LogP contribution in [0.5, 0.6) is 0 Å². The van der Waals surface area contributed by atoms with Gasteiger partial charge in [-0.1, -0.05) is 5.10 Å². The van der Waals surface area contributed by atoms with E-state index < -0.39 is 21.0 Å². The van der Waals surface area contributed by atoms with Crippen LogP contribution < -0.4 is 5.32 Å². The van der Waals surface area contributed by atoms with Crippen LogP contribution in [0, 0.1) is 0 Å². The Morgan fingerprint density at radius 1 is 1.15 bits per heavy atom. The van der Waals surface area contributed by atoms with Gasteiger partial charge in [0, 0.05) is 18.8 Å². The van der Waals surface area contributed by atoms with Gasteiger partial charge in [-0.15, -0.1) is 5.10 Å². The standard InChI is InChI=1S/C16H17N5O4S/c1-10(2)26(23,24)12-6-4-11(5-7-12)14(22)18-16-20-19-15(25-16)13-8-9-17-21(13)3/h4-10H,1-3H3,(H,18,20,22).